The number of nitrogens with zero attached hydrogens (tertiary/aromatic N) is 1. The van der Waals surface area contributed by atoms with Crippen LogP contribution in [-0.4, -0.2) is 22.8 Å². The van der Waals surface area contributed by atoms with Gasteiger partial charge in [-0.3, -0.25) is 9.59 Å². The van der Waals surface area contributed by atoms with Crippen molar-refractivity contribution < 1.29 is 14.7 Å². The molecule has 0 spiro atoms. The summed E-state index contributed by atoms with van der Waals surface area (Å²) in [6.07, 6.45) is 0.705. The Hall–Kier alpha value is -2.62. The third kappa shape index (κ3) is 3.12. The van der Waals surface area contributed by atoms with Gasteiger partial charge >= 0.3 is 0 Å². The van der Waals surface area contributed by atoms with Crippen LogP contribution in [0.25, 0.3) is 0 Å². The molecule has 1 N–H and O–H groups in total. The molecule has 1 aliphatic heterocycles. The Morgan fingerprint density at radius 2 is 1.73 bits per heavy atom. The predicted molar refractivity (Wildman–Crippen MR) is 102 cm³/mol. The van der Waals surface area contributed by atoms with Gasteiger partial charge in [0.2, 0.25) is 5.91 Å². The summed E-state index contributed by atoms with van der Waals surface area (Å²) >= 11 is 0. The van der Waals surface area contributed by atoms with Crippen LogP contribution in [0, 0.1) is 18.3 Å². The van der Waals surface area contributed by atoms with Crippen LogP contribution in [-0.2, 0) is 4.79 Å². The van der Waals surface area contributed by atoms with Gasteiger partial charge in [0.15, 0.2) is 5.78 Å². The van der Waals surface area contributed by atoms with Crippen LogP contribution in [0.3, 0.4) is 0 Å². The second kappa shape index (κ2) is 6.60. The van der Waals surface area contributed by atoms with Crippen LogP contribution in [0.15, 0.2) is 48.5 Å². The summed E-state index contributed by atoms with van der Waals surface area (Å²) in [5.74, 6) is -1.43. The summed E-state index contributed by atoms with van der Waals surface area (Å²) in [4.78, 5) is 28.3. The molecular weight excluding hydrogens is 326 g/mol. The van der Waals surface area contributed by atoms with Gasteiger partial charge in [-0.05, 0) is 49.9 Å². The van der Waals surface area contributed by atoms with Crippen LogP contribution in [0.5, 0.6) is 5.75 Å². The number of para-hydroxylation sites is 1. The molecule has 1 saturated heterocycles. The lowest BCUT2D eigenvalue weighted by molar-refractivity contribution is -0.127. The Kier molecular flexibility index (Phi) is 4.61. The van der Waals surface area contributed by atoms with Crippen molar-refractivity contribution in [3.8, 4) is 5.75 Å². The molecule has 4 nitrogen and oxygen atoms in total. The van der Waals surface area contributed by atoms with Crippen LogP contribution >= 0.6 is 0 Å². The molecule has 0 aliphatic carbocycles. The SMILES string of the molecule is Cc1ccc(N2C(=O)C(C(=O)c3ccccc3O)C(C)(C)CC2C)cc1. The van der Waals surface area contributed by atoms with Crippen molar-refractivity contribution in [2.24, 2.45) is 11.3 Å². The van der Waals surface area contributed by atoms with Gasteiger partial charge in [0, 0.05) is 11.7 Å². The van der Waals surface area contributed by atoms with Gasteiger partial charge in [-0.15, -0.1) is 0 Å². The minimum absolute atomic E-state index is 0.00590. The Morgan fingerprint density at radius 1 is 1.12 bits per heavy atom. The number of hydrogen-bond acceptors (Lipinski definition) is 3. The lowest BCUT2D eigenvalue weighted by atomic mass is 9.67. The second-order valence-electron chi connectivity index (χ2n) is 7.90. The van der Waals surface area contributed by atoms with Crippen LogP contribution in [0.1, 0.15) is 43.1 Å². The van der Waals surface area contributed by atoms with Crippen molar-refractivity contribution in [1.82, 2.24) is 0 Å². The molecule has 2 aromatic rings. The fourth-order valence-electron chi connectivity index (χ4n) is 4.05. The molecule has 1 fully saturated rings. The van der Waals surface area contributed by atoms with Gasteiger partial charge in [-0.1, -0.05) is 43.7 Å². The number of rotatable bonds is 3. The van der Waals surface area contributed by atoms with E-state index in [9.17, 15) is 14.7 Å². The number of ketones is 1. The molecule has 2 atom stereocenters. The first-order valence-electron chi connectivity index (χ1n) is 8.94. The second-order valence-corrected chi connectivity index (χ2v) is 7.90. The number of carbonyl (C=O) groups is 2. The van der Waals surface area contributed by atoms with Gasteiger partial charge in [0.25, 0.3) is 0 Å². The van der Waals surface area contributed by atoms with Crippen LogP contribution in [0.4, 0.5) is 5.69 Å². The van der Waals surface area contributed by atoms with Gasteiger partial charge in [-0.2, -0.15) is 0 Å². The van der Waals surface area contributed by atoms with Gasteiger partial charge in [-0.25, -0.2) is 0 Å². The van der Waals surface area contributed by atoms with Crippen molar-refractivity contribution in [2.45, 2.75) is 40.2 Å². The van der Waals surface area contributed by atoms with Gasteiger partial charge < -0.3 is 10.0 Å². The molecule has 4 heteroatoms. The summed E-state index contributed by atoms with van der Waals surface area (Å²) in [6, 6.07) is 14.2. The molecule has 0 radical (unpaired) electrons. The molecule has 0 bridgehead atoms. The standard InChI is InChI=1S/C22H25NO3/c1-14-9-11-16(12-10-14)23-15(2)13-22(3,4)19(21(23)26)20(25)17-7-5-6-8-18(17)24/h5-12,15,19,24H,13H2,1-4H3. The summed E-state index contributed by atoms with van der Waals surface area (Å²) in [5.41, 5.74) is 1.64. The third-order valence-corrected chi connectivity index (χ3v) is 5.27. The van der Waals surface area contributed by atoms with Gasteiger partial charge in [0.1, 0.15) is 11.7 Å². The normalized spacial score (nSPS) is 22.3. The molecule has 0 saturated carbocycles. The highest BCUT2D eigenvalue weighted by Crippen LogP contribution is 2.43. The number of amides is 1. The molecule has 3 rings (SSSR count). The highest BCUT2D eigenvalue weighted by Gasteiger charge is 2.49. The average molecular weight is 351 g/mol. The van der Waals surface area contributed by atoms with E-state index in [1.165, 1.54) is 6.07 Å². The summed E-state index contributed by atoms with van der Waals surface area (Å²) in [6.45, 7) is 7.92. The maximum atomic E-state index is 13.4. The average Bonchev–Trinajstić information content (AvgIpc) is 2.55. The molecule has 26 heavy (non-hydrogen) atoms. The molecule has 0 aromatic heterocycles. The highest BCUT2D eigenvalue weighted by molar-refractivity contribution is 6.16. The van der Waals surface area contributed by atoms with Crippen LogP contribution in [0.2, 0.25) is 0 Å². The topological polar surface area (TPSA) is 57.6 Å². The van der Waals surface area contributed by atoms with Crippen molar-refractivity contribution in [1.29, 1.82) is 0 Å². The zero-order chi connectivity index (χ0) is 19.1. The van der Waals surface area contributed by atoms with E-state index in [1.807, 2.05) is 52.0 Å². The summed E-state index contributed by atoms with van der Waals surface area (Å²) in [5, 5.41) is 10.1. The number of anilines is 1. The smallest absolute Gasteiger partial charge is 0.238 e. The number of carbonyl (C=O) groups excluding carboxylic acids is 2. The number of phenolic OH excluding ortho intramolecular Hbond substituents is 1. The van der Waals surface area contributed by atoms with E-state index >= 15 is 0 Å². The first kappa shape index (κ1) is 18.2. The summed E-state index contributed by atoms with van der Waals surface area (Å²) in [7, 11) is 0. The molecule has 1 amide bonds. The largest absolute Gasteiger partial charge is 0.507 e. The maximum Gasteiger partial charge on any atom is 0.238 e. The zero-order valence-electron chi connectivity index (χ0n) is 15.7. The number of hydrogen-bond donors (Lipinski definition) is 1. The fraction of sp³-hybridized carbons (Fsp3) is 0.364. The monoisotopic (exact) mass is 351 g/mol. The lowest BCUT2D eigenvalue weighted by Gasteiger charge is -2.46. The molecular formula is C22H25NO3. The van der Waals surface area contributed by atoms with E-state index in [4.69, 9.17) is 0 Å². The number of phenols is 1. The Labute approximate surface area is 154 Å². The van der Waals surface area contributed by atoms with E-state index in [1.54, 1.807) is 23.1 Å². The number of Topliss-reactive ketones (excluding diaryl/α,β-unsaturated/α-hetero) is 1. The fourth-order valence-corrected chi connectivity index (χ4v) is 4.05. The number of piperidine rings is 1. The Morgan fingerprint density at radius 3 is 2.35 bits per heavy atom. The van der Waals surface area contributed by atoms with Gasteiger partial charge in [0.05, 0.1) is 5.56 Å². The Balaban J connectivity index is 2.03. The number of aryl methyl sites for hydroxylation is 1. The first-order chi connectivity index (χ1) is 12.2. The van der Waals surface area contributed by atoms with Crippen molar-refractivity contribution in [2.75, 3.05) is 4.90 Å². The lowest BCUT2D eigenvalue weighted by Crippen LogP contribution is -2.56. The van der Waals surface area contributed by atoms with E-state index in [0.29, 0.717) is 6.42 Å². The van der Waals surface area contributed by atoms with Crippen molar-refractivity contribution >= 4 is 17.4 Å². The summed E-state index contributed by atoms with van der Waals surface area (Å²) < 4.78 is 0. The quantitative estimate of drug-likeness (QED) is 0.660. The minimum atomic E-state index is -0.826. The third-order valence-electron chi connectivity index (χ3n) is 5.27. The molecule has 136 valence electrons. The first-order valence-corrected chi connectivity index (χ1v) is 8.94. The van der Waals surface area contributed by atoms with E-state index in [-0.39, 0.29) is 29.0 Å². The number of benzene rings is 2. The van der Waals surface area contributed by atoms with Crippen molar-refractivity contribution in [3.05, 3.63) is 59.7 Å². The van der Waals surface area contributed by atoms with Crippen LogP contribution < -0.4 is 4.90 Å². The molecule has 1 aliphatic rings. The maximum absolute atomic E-state index is 13.4. The highest BCUT2D eigenvalue weighted by atomic mass is 16.3. The zero-order valence-corrected chi connectivity index (χ0v) is 15.7. The Bertz CT molecular complexity index is 839. The van der Waals surface area contributed by atoms with E-state index in [0.717, 1.165) is 11.3 Å². The number of aromatic hydroxyl groups is 1. The van der Waals surface area contributed by atoms with E-state index < -0.39 is 11.3 Å². The molecule has 2 unspecified atom stereocenters. The molecule has 2 aromatic carbocycles. The van der Waals surface area contributed by atoms with Crippen molar-refractivity contribution in [3.63, 3.8) is 0 Å². The molecule has 1 heterocycles. The predicted octanol–water partition coefficient (Wildman–Crippen LogP) is 4.35. The van der Waals surface area contributed by atoms with E-state index in [2.05, 4.69) is 0 Å². The minimum Gasteiger partial charge on any atom is -0.507 e.